The van der Waals surface area contributed by atoms with E-state index >= 15 is 0 Å². The van der Waals surface area contributed by atoms with Crippen LogP contribution in [0, 0.1) is 11.3 Å². The van der Waals surface area contributed by atoms with Gasteiger partial charge in [0.05, 0.1) is 11.3 Å². The molecule has 4 heteroatoms. The molecule has 0 unspecified atom stereocenters. The van der Waals surface area contributed by atoms with Crippen molar-refractivity contribution in [3.8, 4) is 11.8 Å². The molecule has 0 aliphatic rings. The average Bonchev–Trinajstić information content (AvgIpc) is 2.68. The molecule has 0 saturated heterocycles. The van der Waals surface area contributed by atoms with Gasteiger partial charge < -0.3 is 10.1 Å². The number of nitrogens with zero attached hydrogens (tertiary/aromatic N) is 1. The van der Waals surface area contributed by atoms with Crippen LogP contribution in [0.15, 0.2) is 78.9 Å². The van der Waals surface area contributed by atoms with E-state index in [9.17, 15) is 4.79 Å². The highest BCUT2D eigenvalue weighted by Crippen LogP contribution is 2.18. The number of carbonyl (C=O) groups excluding carboxylic acids is 1. The Labute approximate surface area is 146 Å². The first-order chi connectivity index (χ1) is 12.3. The summed E-state index contributed by atoms with van der Waals surface area (Å²) >= 11 is 0. The van der Waals surface area contributed by atoms with E-state index in [0.29, 0.717) is 29.2 Å². The van der Waals surface area contributed by atoms with Crippen LogP contribution in [0.1, 0.15) is 21.5 Å². The summed E-state index contributed by atoms with van der Waals surface area (Å²) in [6, 6.07) is 25.8. The first kappa shape index (κ1) is 16.3. The molecular formula is C21H16N2O2. The quantitative estimate of drug-likeness (QED) is 0.755. The maximum Gasteiger partial charge on any atom is 0.255 e. The van der Waals surface area contributed by atoms with Crippen LogP contribution < -0.4 is 10.1 Å². The van der Waals surface area contributed by atoms with Crippen molar-refractivity contribution in [3.63, 3.8) is 0 Å². The van der Waals surface area contributed by atoms with Gasteiger partial charge in [0.2, 0.25) is 0 Å². The van der Waals surface area contributed by atoms with Gasteiger partial charge in [0.15, 0.2) is 0 Å². The largest absolute Gasteiger partial charge is 0.489 e. The third-order valence-electron chi connectivity index (χ3n) is 3.64. The van der Waals surface area contributed by atoms with Gasteiger partial charge in [-0.05, 0) is 35.9 Å². The Kier molecular flexibility index (Phi) is 5.08. The molecule has 0 atom stereocenters. The van der Waals surface area contributed by atoms with E-state index in [2.05, 4.69) is 11.4 Å². The zero-order valence-corrected chi connectivity index (χ0v) is 13.5. The van der Waals surface area contributed by atoms with Crippen LogP contribution in [0.25, 0.3) is 0 Å². The Morgan fingerprint density at radius 2 is 1.72 bits per heavy atom. The fourth-order valence-electron chi connectivity index (χ4n) is 2.35. The third kappa shape index (κ3) is 4.24. The van der Waals surface area contributed by atoms with Crippen molar-refractivity contribution in [2.75, 3.05) is 5.32 Å². The van der Waals surface area contributed by atoms with Crippen molar-refractivity contribution in [2.45, 2.75) is 6.61 Å². The molecule has 3 rings (SSSR count). The normalized spacial score (nSPS) is 9.88. The van der Waals surface area contributed by atoms with Crippen LogP contribution in [-0.4, -0.2) is 5.91 Å². The number of hydrogen-bond acceptors (Lipinski definition) is 3. The van der Waals surface area contributed by atoms with Gasteiger partial charge in [-0.3, -0.25) is 4.79 Å². The summed E-state index contributed by atoms with van der Waals surface area (Å²) in [5, 5.41) is 11.9. The van der Waals surface area contributed by atoms with Gasteiger partial charge >= 0.3 is 0 Å². The van der Waals surface area contributed by atoms with Gasteiger partial charge in [0, 0.05) is 5.56 Å². The topological polar surface area (TPSA) is 62.1 Å². The second kappa shape index (κ2) is 7.80. The minimum Gasteiger partial charge on any atom is -0.489 e. The number of ether oxygens (including phenoxy) is 1. The van der Waals surface area contributed by atoms with E-state index in [1.54, 1.807) is 42.5 Å². The Balaban J connectivity index is 1.70. The minimum absolute atomic E-state index is 0.284. The fourth-order valence-corrected chi connectivity index (χ4v) is 2.35. The molecule has 3 aromatic rings. The lowest BCUT2D eigenvalue weighted by atomic mass is 10.1. The molecule has 4 nitrogen and oxygen atoms in total. The number of nitriles is 1. The van der Waals surface area contributed by atoms with Crippen LogP contribution in [0.5, 0.6) is 5.75 Å². The molecule has 0 aromatic heterocycles. The fraction of sp³-hybridized carbons (Fsp3) is 0.0476. The summed E-state index contributed by atoms with van der Waals surface area (Å²) in [7, 11) is 0. The van der Waals surface area contributed by atoms with E-state index in [-0.39, 0.29) is 5.91 Å². The smallest absolute Gasteiger partial charge is 0.255 e. The molecule has 0 radical (unpaired) electrons. The number of hydrogen-bond donors (Lipinski definition) is 1. The van der Waals surface area contributed by atoms with Crippen molar-refractivity contribution >= 4 is 11.6 Å². The van der Waals surface area contributed by atoms with Crippen molar-refractivity contribution < 1.29 is 9.53 Å². The summed E-state index contributed by atoms with van der Waals surface area (Å²) in [6.07, 6.45) is 0. The SMILES string of the molecule is N#Cc1ccccc1NC(=O)c1cccc(OCc2ccccc2)c1. The van der Waals surface area contributed by atoms with Gasteiger partial charge in [-0.1, -0.05) is 48.5 Å². The highest BCUT2D eigenvalue weighted by atomic mass is 16.5. The molecule has 1 N–H and O–H groups in total. The molecule has 0 aliphatic heterocycles. The zero-order valence-electron chi connectivity index (χ0n) is 13.5. The molecule has 0 saturated carbocycles. The molecule has 0 heterocycles. The lowest BCUT2D eigenvalue weighted by Gasteiger charge is -2.09. The predicted octanol–water partition coefficient (Wildman–Crippen LogP) is 4.39. The number of nitrogens with one attached hydrogen (secondary N) is 1. The predicted molar refractivity (Wildman–Crippen MR) is 96.3 cm³/mol. The van der Waals surface area contributed by atoms with Crippen LogP contribution in [0.2, 0.25) is 0 Å². The minimum atomic E-state index is -0.284. The number of anilines is 1. The van der Waals surface area contributed by atoms with E-state index in [1.165, 1.54) is 0 Å². The first-order valence-corrected chi connectivity index (χ1v) is 7.83. The first-order valence-electron chi connectivity index (χ1n) is 7.83. The van der Waals surface area contributed by atoms with Gasteiger partial charge in [-0.15, -0.1) is 0 Å². The molecule has 3 aromatic carbocycles. The third-order valence-corrected chi connectivity index (χ3v) is 3.64. The highest BCUT2D eigenvalue weighted by Gasteiger charge is 2.10. The standard InChI is InChI=1S/C21H16N2O2/c22-14-18-9-4-5-12-20(18)23-21(24)17-10-6-11-19(13-17)25-15-16-7-2-1-3-8-16/h1-13H,15H2,(H,23,24). The summed E-state index contributed by atoms with van der Waals surface area (Å²) in [4.78, 5) is 12.4. The Morgan fingerprint density at radius 3 is 2.52 bits per heavy atom. The van der Waals surface area contributed by atoms with Gasteiger partial charge in [-0.2, -0.15) is 5.26 Å². The lowest BCUT2D eigenvalue weighted by molar-refractivity contribution is 0.102. The summed E-state index contributed by atoms with van der Waals surface area (Å²) in [5.41, 5.74) is 2.44. The molecule has 0 aliphatic carbocycles. The summed E-state index contributed by atoms with van der Waals surface area (Å²) in [5.74, 6) is 0.331. The van der Waals surface area contributed by atoms with Crippen LogP contribution in [0.4, 0.5) is 5.69 Å². The van der Waals surface area contributed by atoms with Crippen LogP contribution in [0.3, 0.4) is 0 Å². The van der Waals surface area contributed by atoms with E-state index in [0.717, 1.165) is 5.56 Å². The van der Waals surface area contributed by atoms with Crippen LogP contribution in [-0.2, 0) is 6.61 Å². The Bertz CT molecular complexity index is 914. The van der Waals surface area contributed by atoms with Crippen molar-refractivity contribution in [3.05, 3.63) is 95.6 Å². The monoisotopic (exact) mass is 328 g/mol. The molecule has 0 bridgehead atoms. The number of rotatable bonds is 5. The van der Waals surface area contributed by atoms with E-state index in [1.807, 2.05) is 36.4 Å². The summed E-state index contributed by atoms with van der Waals surface area (Å²) < 4.78 is 5.75. The number of carbonyl (C=O) groups is 1. The van der Waals surface area contributed by atoms with Crippen molar-refractivity contribution in [1.29, 1.82) is 5.26 Å². The van der Waals surface area contributed by atoms with E-state index < -0.39 is 0 Å². The van der Waals surface area contributed by atoms with Crippen molar-refractivity contribution in [2.24, 2.45) is 0 Å². The van der Waals surface area contributed by atoms with Crippen molar-refractivity contribution in [1.82, 2.24) is 0 Å². The highest BCUT2D eigenvalue weighted by molar-refractivity contribution is 6.05. The molecule has 25 heavy (non-hydrogen) atoms. The second-order valence-corrected chi connectivity index (χ2v) is 5.41. The van der Waals surface area contributed by atoms with Gasteiger partial charge in [0.25, 0.3) is 5.91 Å². The van der Waals surface area contributed by atoms with Gasteiger partial charge in [0.1, 0.15) is 18.4 Å². The number of para-hydroxylation sites is 1. The second-order valence-electron chi connectivity index (χ2n) is 5.41. The number of benzene rings is 3. The lowest BCUT2D eigenvalue weighted by Crippen LogP contribution is -2.13. The van der Waals surface area contributed by atoms with E-state index in [4.69, 9.17) is 10.00 Å². The van der Waals surface area contributed by atoms with Gasteiger partial charge in [-0.25, -0.2) is 0 Å². The Hall–Kier alpha value is -3.58. The maximum atomic E-state index is 12.4. The number of amides is 1. The average molecular weight is 328 g/mol. The molecular weight excluding hydrogens is 312 g/mol. The zero-order chi connectivity index (χ0) is 17.5. The summed E-state index contributed by atoms with van der Waals surface area (Å²) in [6.45, 7) is 0.434. The van der Waals surface area contributed by atoms with Crippen LogP contribution >= 0.6 is 0 Å². The maximum absolute atomic E-state index is 12.4. The Morgan fingerprint density at radius 1 is 0.960 bits per heavy atom. The molecule has 1 amide bonds. The molecule has 0 fully saturated rings. The molecule has 0 spiro atoms. The molecule has 122 valence electrons.